The Labute approximate surface area is 112 Å². The third kappa shape index (κ3) is 2.73. The predicted molar refractivity (Wildman–Crippen MR) is 73.6 cm³/mol. The molecule has 18 heavy (non-hydrogen) atoms. The summed E-state index contributed by atoms with van der Waals surface area (Å²) >= 11 is 0. The van der Waals surface area contributed by atoms with Gasteiger partial charge in [-0.1, -0.05) is 20.8 Å². The molecule has 106 valence electrons. The molecule has 2 rings (SSSR count). The van der Waals surface area contributed by atoms with Gasteiger partial charge in [0.25, 0.3) is 0 Å². The Kier molecular flexibility index (Phi) is 3.54. The second kappa shape index (κ2) is 4.46. The van der Waals surface area contributed by atoms with Gasteiger partial charge in [-0.25, -0.2) is 0 Å². The van der Waals surface area contributed by atoms with Crippen LogP contribution in [0.4, 0.5) is 0 Å². The molecule has 2 aliphatic rings. The van der Waals surface area contributed by atoms with Crippen LogP contribution in [-0.2, 0) is 9.47 Å². The lowest BCUT2D eigenvalue weighted by Crippen LogP contribution is -2.50. The van der Waals surface area contributed by atoms with E-state index in [0.29, 0.717) is 6.04 Å². The highest BCUT2D eigenvalue weighted by molar-refractivity contribution is 5.02. The Morgan fingerprint density at radius 3 is 1.94 bits per heavy atom. The van der Waals surface area contributed by atoms with Gasteiger partial charge < -0.3 is 9.47 Å². The van der Waals surface area contributed by atoms with E-state index in [1.165, 1.54) is 0 Å². The first-order valence-electron chi connectivity index (χ1n) is 7.19. The fourth-order valence-electron chi connectivity index (χ4n) is 3.14. The van der Waals surface area contributed by atoms with E-state index >= 15 is 0 Å². The van der Waals surface area contributed by atoms with E-state index in [-0.39, 0.29) is 16.7 Å². The number of likely N-dealkylation sites (tertiary alicyclic amines) is 1. The van der Waals surface area contributed by atoms with Gasteiger partial charge in [0.05, 0.1) is 19.8 Å². The van der Waals surface area contributed by atoms with E-state index in [1.807, 2.05) is 0 Å². The molecule has 0 N–H and O–H groups in total. The maximum Gasteiger partial charge on any atom is 0.182 e. The van der Waals surface area contributed by atoms with Gasteiger partial charge >= 0.3 is 0 Å². The highest BCUT2D eigenvalue weighted by Crippen LogP contribution is 2.44. The smallest absolute Gasteiger partial charge is 0.182 e. The van der Waals surface area contributed by atoms with Gasteiger partial charge in [0.1, 0.15) is 0 Å². The molecule has 0 aromatic rings. The molecule has 0 aromatic heterocycles. The van der Waals surface area contributed by atoms with E-state index < -0.39 is 0 Å². The lowest BCUT2D eigenvalue weighted by atomic mass is 9.83. The Hall–Kier alpha value is -0.120. The van der Waals surface area contributed by atoms with Crippen LogP contribution >= 0.6 is 0 Å². The van der Waals surface area contributed by atoms with Crippen molar-refractivity contribution in [1.29, 1.82) is 0 Å². The minimum absolute atomic E-state index is 0.158. The number of nitrogens with zero attached hydrogens (tertiary/aromatic N) is 1. The van der Waals surface area contributed by atoms with Crippen molar-refractivity contribution < 1.29 is 9.47 Å². The van der Waals surface area contributed by atoms with Gasteiger partial charge in [0.2, 0.25) is 0 Å². The average molecular weight is 255 g/mol. The quantitative estimate of drug-likeness (QED) is 0.664. The van der Waals surface area contributed by atoms with Gasteiger partial charge in [-0.15, -0.1) is 0 Å². The molecule has 0 saturated carbocycles. The maximum atomic E-state index is 6.01. The molecule has 0 radical (unpaired) electrons. The summed E-state index contributed by atoms with van der Waals surface area (Å²) in [6.07, 6.45) is 2.02. The summed E-state index contributed by atoms with van der Waals surface area (Å²) in [5.74, 6) is -0.344. The fourth-order valence-corrected chi connectivity index (χ4v) is 3.14. The minimum atomic E-state index is -0.344. The minimum Gasteiger partial charge on any atom is -0.348 e. The van der Waals surface area contributed by atoms with Crippen LogP contribution in [-0.4, -0.2) is 42.0 Å². The summed E-state index contributed by atoms with van der Waals surface area (Å²) in [5.41, 5.74) is 0.409. The van der Waals surface area contributed by atoms with Crippen LogP contribution in [0.1, 0.15) is 54.4 Å². The summed E-state index contributed by atoms with van der Waals surface area (Å²) in [7, 11) is 0. The van der Waals surface area contributed by atoms with Crippen LogP contribution in [0.2, 0.25) is 0 Å². The average Bonchev–Trinajstić information content (AvgIpc) is 2.58. The number of hydrogen-bond acceptors (Lipinski definition) is 3. The molecule has 2 heterocycles. The highest BCUT2D eigenvalue weighted by Gasteiger charge is 2.53. The fraction of sp³-hybridized carbons (Fsp3) is 1.00. The van der Waals surface area contributed by atoms with Gasteiger partial charge in [-0.3, -0.25) is 4.90 Å². The molecule has 0 amide bonds. The topological polar surface area (TPSA) is 21.7 Å². The van der Waals surface area contributed by atoms with Gasteiger partial charge in [0, 0.05) is 18.0 Å². The molecule has 1 spiro atoms. The normalized spacial score (nSPS) is 30.0. The summed E-state index contributed by atoms with van der Waals surface area (Å²) < 4.78 is 12.0. The van der Waals surface area contributed by atoms with E-state index in [1.54, 1.807) is 0 Å². The Morgan fingerprint density at radius 2 is 1.56 bits per heavy atom. The van der Waals surface area contributed by atoms with Crippen molar-refractivity contribution in [3.63, 3.8) is 0 Å². The van der Waals surface area contributed by atoms with Crippen molar-refractivity contribution in [3.8, 4) is 0 Å². The SMILES string of the molecule is CC(C)(C)[C@@H]1CC2(CN1C(C)(C)C)OCCCO2. The van der Waals surface area contributed by atoms with Crippen molar-refractivity contribution in [2.45, 2.75) is 71.8 Å². The van der Waals surface area contributed by atoms with Crippen molar-refractivity contribution in [2.75, 3.05) is 19.8 Å². The second-order valence-corrected chi connectivity index (χ2v) is 7.85. The standard InChI is InChI=1S/C15H29NO2/c1-13(2,3)12-10-15(17-8-7-9-18-15)11-16(12)14(4,5)6/h12H,7-11H2,1-6H3/t12-/m0/s1. The maximum absolute atomic E-state index is 6.01. The van der Waals surface area contributed by atoms with Gasteiger partial charge in [-0.2, -0.15) is 0 Å². The number of ether oxygens (including phenoxy) is 2. The van der Waals surface area contributed by atoms with E-state index in [9.17, 15) is 0 Å². The molecule has 1 atom stereocenters. The zero-order chi connectivity index (χ0) is 13.6. The van der Waals surface area contributed by atoms with E-state index in [2.05, 4.69) is 46.4 Å². The van der Waals surface area contributed by atoms with Gasteiger partial charge in [0.15, 0.2) is 5.79 Å². The monoisotopic (exact) mass is 255 g/mol. The summed E-state index contributed by atoms with van der Waals surface area (Å²) in [5, 5.41) is 0. The van der Waals surface area contributed by atoms with Crippen molar-refractivity contribution in [3.05, 3.63) is 0 Å². The summed E-state index contributed by atoms with van der Waals surface area (Å²) in [6.45, 7) is 16.4. The Bertz CT molecular complexity index is 271. The summed E-state index contributed by atoms with van der Waals surface area (Å²) in [6, 6.07) is 0.510. The first kappa shape index (κ1) is 14.3. The molecule has 0 bridgehead atoms. The molecule has 2 aliphatic heterocycles. The first-order valence-corrected chi connectivity index (χ1v) is 7.19. The third-order valence-corrected chi connectivity index (χ3v) is 4.17. The molecular weight excluding hydrogens is 226 g/mol. The highest BCUT2D eigenvalue weighted by atomic mass is 16.7. The largest absolute Gasteiger partial charge is 0.348 e. The van der Waals surface area contributed by atoms with Crippen molar-refractivity contribution in [2.24, 2.45) is 5.41 Å². The first-order chi connectivity index (χ1) is 8.14. The van der Waals surface area contributed by atoms with Crippen molar-refractivity contribution in [1.82, 2.24) is 4.90 Å². The van der Waals surface area contributed by atoms with Crippen LogP contribution in [0.25, 0.3) is 0 Å². The van der Waals surface area contributed by atoms with Crippen LogP contribution in [0.5, 0.6) is 0 Å². The molecule has 2 fully saturated rings. The molecule has 0 unspecified atom stereocenters. The lowest BCUT2D eigenvalue weighted by molar-refractivity contribution is -0.259. The molecule has 3 heteroatoms. The second-order valence-electron chi connectivity index (χ2n) is 7.85. The molecule has 3 nitrogen and oxygen atoms in total. The molecule has 0 aromatic carbocycles. The van der Waals surface area contributed by atoms with Crippen molar-refractivity contribution >= 4 is 0 Å². The number of hydrogen-bond donors (Lipinski definition) is 0. The van der Waals surface area contributed by atoms with Crippen LogP contribution in [0.3, 0.4) is 0 Å². The van der Waals surface area contributed by atoms with Crippen LogP contribution < -0.4 is 0 Å². The molecule has 0 aliphatic carbocycles. The molecule has 2 saturated heterocycles. The van der Waals surface area contributed by atoms with E-state index in [4.69, 9.17) is 9.47 Å². The molecular formula is C15H29NO2. The Morgan fingerprint density at radius 1 is 1.00 bits per heavy atom. The number of rotatable bonds is 0. The zero-order valence-corrected chi connectivity index (χ0v) is 12.9. The third-order valence-electron chi connectivity index (χ3n) is 4.17. The lowest BCUT2D eigenvalue weighted by Gasteiger charge is -2.42. The summed E-state index contributed by atoms with van der Waals surface area (Å²) in [4.78, 5) is 2.57. The van der Waals surface area contributed by atoms with Gasteiger partial charge in [-0.05, 0) is 32.6 Å². The van der Waals surface area contributed by atoms with Crippen LogP contribution in [0.15, 0.2) is 0 Å². The zero-order valence-electron chi connectivity index (χ0n) is 12.9. The van der Waals surface area contributed by atoms with Crippen LogP contribution in [0, 0.1) is 5.41 Å². The van der Waals surface area contributed by atoms with E-state index in [0.717, 1.165) is 32.6 Å². The predicted octanol–water partition coefficient (Wildman–Crippen LogP) is 3.04. The Balaban J connectivity index is 2.23.